The lowest BCUT2D eigenvalue weighted by molar-refractivity contribution is -0.128. The quantitative estimate of drug-likeness (QED) is 0.493. The number of hydrazine groups is 1. The SMILES string of the molecule is O=C(CSc1ccccc1F)NNC(=O)C(c1ccccc1)c1ccccc1. The predicted molar refractivity (Wildman–Crippen MR) is 108 cm³/mol. The van der Waals surface area contributed by atoms with Crippen LogP contribution in [0, 0.1) is 5.82 Å². The van der Waals surface area contributed by atoms with E-state index >= 15 is 0 Å². The molecule has 0 fully saturated rings. The number of rotatable bonds is 6. The van der Waals surface area contributed by atoms with Gasteiger partial charge in [-0.3, -0.25) is 20.4 Å². The summed E-state index contributed by atoms with van der Waals surface area (Å²) < 4.78 is 13.6. The fourth-order valence-electron chi connectivity index (χ4n) is 2.73. The van der Waals surface area contributed by atoms with E-state index in [0.29, 0.717) is 4.90 Å². The van der Waals surface area contributed by atoms with E-state index in [1.165, 1.54) is 6.07 Å². The van der Waals surface area contributed by atoms with Gasteiger partial charge in [-0.05, 0) is 23.3 Å². The Labute approximate surface area is 167 Å². The molecule has 3 rings (SSSR count). The highest BCUT2D eigenvalue weighted by molar-refractivity contribution is 8.00. The Morgan fingerprint density at radius 1 is 0.786 bits per heavy atom. The Bertz CT molecular complexity index is 896. The van der Waals surface area contributed by atoms with E-state index in [4.69, 9.17) is 0 Å². The highest BCUT2D eigenvalue weighted by atomic mass is 32.2. The maximum atomic E-state index is 13.6. The van der Waals surface area contributed by atoms with Gasteiger partial charge in [0.25, 0.3) is 0 Å². The molecule has 0 unspecified atom stereocenters. The van der Waals surface area contributed by atoms with Crippen LogP contribution < -0.4 is 10.9 Å². The summed E-state index contributed by atoms with van der Waals surface area (Å²) in [7, 11) is 0. The summed E-state index contributed by atoms with van der Waals surface area (Å²) in [5, 5.41) is 0. The first-order chi connectivity index (χ1) is 13.6. The number of hydrogen-bond acceptors (Lipinski definition) is 3. The van der Waals surface area contributed by atoms with E-state index in [-0.39, 0.29) is 17.5 Å². The van der Waals surface area contributed by atoms with Crippen LogP contribution in [0.25, 0.3) is 0 Å². The Balaban J connectivity index is 1.62. The average Bonchev–Trinajstić information content (AvgIpc) is 2.73. The van der Waals surface area contributed by atoms with Crippen molar-refractivity contribution in [2.24, 2.45) is 0 Å². The molecular weight excluding hydrogens is 375 g/mol. The summed E-state index contributed by atoms with van der Waals surface area (Å²) in [5.41, 5.74) is 6.54. The zero-order chi connectivity index (χ0) is 19.8. The summed E-state index contributed by atoms with van der Waals surface area (Å²) >= 11 is 1.07. The third-order valence-corrected chi connectivity index (χ3v) is 5.10. The van der Waals surface area contributed by atoms with Crippen LogP contribution in [0.3, 0.4) is 0 Å². The van der Waals surface area contributed by atoms with E-state index < -0.39 is 11.8 Å². The monoisotopic (exact) mass is 394 g/mol. The fraction of sp³-hybridized carbons (Fsp3) is 0.0909. The van der Waals surface area contributed by atoms with E-state index in [1.807, 2.05) is 60.7 Å². The maximum Gasteiger partial charge on any atom is 0.250 e. The summed E-state index contributed by atoms with van der Waals surface area (Å²) in [6, 6.07) is 24.9. The van der Waals surface area contributed by atoms with Crippen LogP contribution in [-0.2, 0) is 9.59 Å². The van der Waals surface area contributed by atoms with Crippen LogP contribution in [0.2, 0.25) is 0 Å². The van der Waals surface area contributed by atoms with Gasteiger partial charge in [0.15, 0.2) is 0 Å². The third-order valence-electron chi connectivity index (χ3n) is 4.05. The number of carbonyl (C=O) groups excluding carboxylic acids is 2. The van der Waals surface area contributed by atoms with Crippen LogP contribution in [0.15, 0.2) is 89.8 Å². The molecule has 0 aromatic heterocycles. The van der Waals surface area contributed by atoms with Gasteiger partial charge < -0.3 is 0 Å². The molecule has 0 aliphatic heterocycles. The summed E-state index contributed by atoms with van der Waals surface area (Å²) in [4.78, 5) is 25.2. The maximum absolute atomic E-state index is 13.6. The van der Waals surface area contributed by atoms with Crippen LogP contribution in [0.5, 0.6) is 0 Å². The Morgan fingerprint density at radius 2 is 1.32 bits per heavy atom. The largest absolute Gasteiger partial charge is 0.272 e. The van der Waals surface area contributed by atoms with E-state index in [9.17, 15) is 14.0 Å². The molecule has 142 valence electrons. The van der Waals surface area contributed by atoms with Crippen molar-refractivity contribution >= 4 is 23.6 Å². The molecule has 2 amide bonds. The summed E-state index contributed by atoms with van der Waals surface area (Å²) in [6.07, 6.45) is 0. The van der Waals surface area contributed by atoms with Gasteiger partial charge in [-0.25, -0.2) is 4.39 Å². The zero-order valence-electron chi connectivity index (χ0n) is 15.0. The third kappa shape index (κ3) is 5.20. The Morgan fingerprint density at radius 3 is 1.89 bits per heavy atom. The standard InChI is InChI=1S/C22H19FN2O2S/c23-18-13-7-8-14-19(18)28-15-20(26)24-25-22(27)21(16-9-3-1-4-10-16)17-11-5-2-6-12-17/h1-14,21H,15H2,(H,24,26)(H,25,27). The van der Waals surface area contributed by atoms with Gasteiger partial charge >= 0.3 is 0 Å². The topological polar surface area (TPSA) is 58.2 Å². The molecule has 3 aromatic carbocycles. The first-order valence-electron chi connectivity index (χ1n) is 8.71. The lowest BCUT2D eigenvalue weighted by Gasteiger charge is -2.18. The Kier molecular flexibility index (Phi) is 6.81. The second kappa shape index (κ2) is 9.71. The number of nitrogens with one attached hydrogen (secondary N) is 2. The van der Waals surface area contributed by atoms with Crippen molar-refractivity contribution in [1.82, 2.24) is 10.9 Å². The summed E-state index contributed by atoms with van der Waals surface area (Å²) in [5.74, 6) is -1.70. The minimum absolute atomic E-state index is 0.0114. The van der Waals surface area contributed by atoms with Crippen LogP contribution in [-0.4, -0.2) is 17.6 Å². The fourth-order valence-corrected chi connectivity index (χ4v) is 3.47. The molecule has 2 N–H and O–H groups in total. The average molecular weight is 394 g/mol. The van der Waals surface area contributed by atoms with Gasteiger partial charge in [0, 0.05) is 4.90 Å². The predicted octanol–water partition coefficient (Wildman–Crippen LogP) is 3.90. The smallest absolute Gasteiger partial charge is 0.250 e. The molecule has 3 aromatic rings. The van der Waals surface area contributed by atoms with Gasteiger partial charge in [0.1, 0.15) is 5.82 Å². The molecule has 0 spiro atoms. The van der Waals surface area contributed by atoms with Crippen molar-refractivity contribution in [3.8, 4) is 0 Å². The van der Waals surface area contributed by atoms with Crippen LogP contribution in [0.4, 0.5) is 4.39 Å². The van der Waals surface area contributed by atoms with Gasteiger partial charge in [0.2, 0.25) is 11.8 Å². The van der Waals surface area contributed by atoms with Gasteiger partial charge in [-0.15, -0.1) is 11.8 Å². The van der Waals surface area contributed by atoms with E-state index in [1.54, 1.807) is 18.2 Å². The minimum atomic E-state index is -0.554. The molecule has 0 heterocycles. The highest BCUT2D eigenvalue weighted by Crippen LogP contribution is 2.24. The van der Waals surface area contributed by atoms with Crippen molar-refractivity contribution < 1.29 is 14.0 Å². The first kappa shape index (κ1) is 19.6. The molecule has 28 heavy (non-hydrogen) atoms. The number of carbonyl (C=O) groups is 2. The summed E-state index contributed by atoms with van der Waals surface area (Å²) in [6.45, 7) is 0. The van der Waals surface area contributed by atoms with Gasteiger partial charge in [-0.1, -0.05) is 72.8 Å². The van der Waals surface area contributed by atoms with Crippen molar-refractivity contribution in [3.05, 3.63) is 102 Å². The van der Waals surface area contributed by atoms with Crippen molar-refractivity contribution in [3.63, 3.8) is 0 Å². The molecule has 0 saturated heterocycles. The molecule has 0 radical (unpaired) electrons. The molecular formula is C22H19FN2O2S. The lowest BCUT2D eigenvalue weighted by Crippen LogP contribution is -2.44. The molecule has 6 heteroatoms. The Hall–Kier alpha value is -3.12. The number of hydrogen-bond donors (Lipinski definition) is 2. The zero-order valence-corrected chi connectivity index (χ0v) is 15.8. The number of thioether (sulfide) groups is 1. The second-order valence-corrected chi connectivity index (χ2v) is 7.03. The minimum Gasteiger partial charge on any atom is -0.272 e. The number of amides is 2. The van der Waals surface area contributed by atoms with Crippen molar-refractivity contribution in [1.29, 1.82) is 0 Å². The van der Waals surface area contributed by atoms with E-state index in [2.05, 4.69) is 10.9 Å². The van der Waals surface area contributed by atoms with Crippen LogP contribution in [0.1, 0.15) is 17.0 Å². The molecule has 4 nitrogen and oxygen atoms in total. The first-order valence-corrected chi connectivity index (χ1v) is 9.69. The van der Waals surface area contributed by atoms with Gasteiger partial charge in [0.05, 0.1) is 11.7 Å². The van der Waals surface area contributed by atoms with Crippen LogP contribution >= 0.6 is 11.8 Å². The second-order valence-electron chi connectivity index (χ2n) is 6.01. The lowest BCUT2D eigenvalue weighted by atomic mass is 9.91. The van der Waals surface area contributed by atoms with Crippen molar-refractivity contribution in [2.75, 3.05) is 5.75 Å². The number of halogens is 1. The molecule has 0 atom stereocenters. The van der Waals surface area contributed by atoms with E-state index in [0.717, 1.165) is 22.9 Å². The molecule has 0 bridgehead atoms. The van der Waals surface area contributed by atoms with Crippen molar-refractivity contribution in [2.45, 2.75) is 10.8 Å². The number of benzene rings is 3. The van der Waals surface area contributed by atoms with Gasteiger partial charge in [-0.2, -0.15) is 0 Å². The normalized spacial score (nSPS) is 10.5. The molecule has 0 saturated carbocycles. The highest BCUT2D eigenvalue weighted by Gasteiger charge is 2.22. The molecule has 0 aliphatic rings. The molecule has 0 aliphatic carbocycles.